The highest BCUT2D eigenvalue weighted by atomic mass is 16.3. The summed E-state index contributed by atoms with van der Waals surface area (Å²) in [5, 5.41) is 9.35. The summed E-state index contributed by atoms with van der Waals surface area (Å²) in [5.41, 5.74) is 1.47. The Labute approximate surface area is 99.6 Å². The molecule has 0 amide bonds. The number of hydrogen-bond donors (Lipinski definition) is 1. The van der Waals surface area contributed by atoms with Gasteiger partial charge in [0.15, 0.2) is 0 Å². The number of hydrogen-bond acceptors (Lipinski definition) is 1. The van der Waals surface area contributed by atoms with Crippen LogP contribution in [0, 0.1) is 34.0 Å². The lowest BCUT2D eigenvalue weighted by Gasteiger charge is -2.36. The molecule has 5 atom stereocenters. The van der Waals surface area contributed by atoms with Crippen molar-refractivity contribution in [3.05, 3.63) is 0 Å². The average molecular weight is 222 g/mol. The zero-order chi connectivity index (χ0) is 11.8. The van der Waals surface area contributed by atoms with Crippen molar-refractivity contribution in [1.82, 2.24) is 0 Å². The maximum atomic E-state index is 9.35. The van der Waals surface area contributed by atoms with Crippen molar-refractivity contribution >= 4 is 0 Å². The predicted molar refractivity (Wildman–Crippen MR) is 66.0 cm³/mol. The van der Waals surface area contributed by atoms with Gasteiger partial charge >= 0.3 is 0 Å². The summed E-state index contributed by atoms with van der Waals surface area (Å²) in [6, 6.07) is 0. The second kappa shape index (κ2) is 2.85. The first-order valence-electron chi connectivity index (χ1n) is 6.94. The lowest BCUT2D eigenvalue weighted by atomic mass is 9.69. The van der Waals surface area contributed by atoms with E-state index in [0.717, 1.165) is 17.8 Å². The van der Waals surface area contributed by atoms with Gasteiger partial charge < -0.3 is 5.11 Å². The van der Waals surface area contributed by atoms with E-state index in [1.54, 1.807) is 0 Å². The van der Waals surface area contributed by atoms with E-state index in [-0.39, 0.29) is 5.41 Å². The summed E-state index contributed by atoms with van der Waals surface area (Å²) in [4.78, 5) is 0. The Morgan fingerprint density at radius 2 is 1.75 bits per heavy atom. The maximum Gasteiger partial charge on any atom is 0.0487 e. The normalized spacial score (nSPS) is 57.2. The summed E-state index contributed by atoms with van der Waals surface area (Å²) < 4.78 is 0. The number of rotatable bonds is 3. The van der Waals surface area contributed by atoms with E-state index in [0.29, 0.717) is 17.4 Å². The van der Waals surface area contributed by atoms with E-state index in [1.165, 1.54) is 25.7 Å². The third-order valence-corrected chi connectivity index (χ3v) is 6.94. The SMILES string of the molecule is CC1(C)[C@@H](C[C@H]2C[C@]2(C)CO)C[C@@H]2C[C@@]21C. The lowest BCUT2D eigenvalue weighted by Crippen LogP contribution is -2.28. The van der Waals surface area contributed by atoms with Crippen molar-refractivity contribution in [3.63, 3.8) is 0 Å². The first kappa shape index (κ1) is 11.1. The topological polar surface area (TPSA) is 20.2 Å². The van der Waals surface area contributed by atoms with E-state index < -0.39 is 0 Å². The van der Waals surface area contributed by atoms with Crippen LogP contribution in [0.1, 0.15) is 53.4 Å². The third kappa shape index (κ3) is 1.21. The molecule has 3 fully saturated rings. The van der Waals surface area contributed by atoms with Crippen LogP contribution in [-0.4, -0.2) is 11.7 Å². The highest BCUT2D eigenvalue weighted by Gasteiger charge is 2.68. The first-order valence-corrected chi connectivity index (χ1v) is 6.94. The quantitative estimate of drug-likeness (QED) is 0.775. The van der Waals surface area contributed by atoms with Gasteiger partial charge in [0.25, 0.3) is 0 Å². The highest BCUT2D eigenvalue weighted by molar-refractivity contribution is 5.16. The number of aliphatic hydroxyl groups is 1. The minimum atomic E-state index is 0.282. The fourth-order valence-electron chi connectivity index (χ4n) is 4.49. The molecule has 0 aromatic carbocycles. The molecule has 1 heteroatoms. The Balaban J connectivity index is 1.66. The molecule has 0 unspecified atom stereocenters. The van der Waals surface area contributed by atoms with Gasteiger partial charge in [0.1, 0.15) is 0 Å². The van der Waals surface area contributed by atoms with Crippen LogP contribution in [0.2, 0.25) is 0 Å². The van der Waals surface area contributed by atoms with Gasteiger partial charge in [0.2, 0.25) is 0 Å². The van der Waals surface area contributed by atoms with Crippen LogP contribution >= 0.6 is 0 Å². The molecule has 0 aliphatic heterocycles. The molecule has 92 valence electrons. The summed E-state index contributed by atoms with van der Waals surface area (Å²) >= 11 is 0. The van der Waals surface area contributed by atoms with Gasteiger partial charge in [-0.1, -0.05) is 27.7 Å². The molecule has 0 saturated heterocycles. The second-order valence-corrected chi connectivity index (χ2v) is 7.92. The van der Waals surface area contributed by atoms with Gasteiger partial charge in [-0.25, -0.2) is 0 Å². The zero-order valence-corrected chi connectivity index (χ0v) is 11.2. The Kier molecular flexibility index (Phi) is 1.98. The van der Waals surface area contributed by atoms with E-state index in [4.69, 9.17) is 0 Å². The maximum absolute atomic E-state index is 9.35. The van der Waals surface area contributed by atoms with Crippen LogP contribution < -0.4 is 0 Å². The van der Waals surface area contributed by atoms with E-state index >= 15 is 0 Å². The molecule has 0 aromatic heterocycles. The molecule has 0 aromatic rings. The van der Waals surface area contributed by atoms with Crippen molar-refractivity contribution in [1.29, 1.82) is 0 Å². The largest absolute Gasteiger partial charge is 0.396 e. The Morgan fingerprint density at radius 3 is 2.19 bits per heavy atom. The van der Waals surface area contributed by atoms with Gasteiger partial charge in [0.05, 0.1) is 0 Å². The van der Waals surface area contributed by atoms with Crippen LogP contribution in [0.4, 0.5) is 0 Å². The van der Waals surface area contributed by atoms with Crippen molar-refractivity contribution < 1.29 is 5.11 Å². The number of aliphatic hydroxyl groups excluding tert-OH is 1. The van der Waals surface area contributed by atoms with Gasteiger partial charge in [-0.3, -0.25) is 0 Å². The molecule has 0 spiro atoms. The molecule has 0 bridgehead atoms. The molecule has 1 nitrogen and oxygen atoms in total. The van der Waals surface area contributed by atoms with Crippen molar-refractivity contribution in [2.45, 2.75) is 53.4 Å². The smallest absolute Gasteiger partial charge is 0.0487 e. The van der Waals surface area contributed by atoms with Gasteiger partial charge in [-0.05, 0) is 59.7 Å². The molecular weight excluding hydrogens is 196 g/mol. The van der Waals surface area contributed by atoms with Crippen LogP contribution in [0.25, 0.3) is 0 Å². The fourth-order valence-corrected chi connectivity index (χ4v) is 4.49. The summed E-state index contributed by atoms with van der Waals surface area (Å²) in [6.07, 6.45) is 5.56. The second-order valence-electron chi connectivity index (χ2n) is 7.92. The van der Waals surface area contributed by atoms with Gasteiger partial charge in [-0.2, -0.15) is 0 Å². The molecule has 3 aliphatic rings. The van der Waals surface area contributed by atoms with E-state index in [2.05, 4.69) is 27.7 Å². The monoisotopic (exact) mass is 222 g/mol. The predicted octanol–water partition coefficient (Wildman–Crippen LogP) is 3.47. The van der Waals surface area contributed by atoms with Crippen molar-refractivity contribution in [3.8, 4) is 0 Å². The highest BCUT2D eigenvalue weighted by Crippen LogP contribution is 2.75. The molecule has 1 N–H and O–H groups in total. The standard InChI is InChI=1S/C15H26O/c1-13(2)10(6-12-8-15(12,13)4)5-11-7-14(11,3)9-16/h10-12,16H,5-9H2,1-4H3/t10-,11-,12+,14+,15-/m0/s1. The molecule has 0 heterocycles. The van der Waals surface area contributed by atoms with Crippen LogP contribution in [0.3, 0.4) is 0 Å². The minimum Gasteiger partial charge on any atom is -0.396 e. The fraction of sp³-hybridized carbons (Fsp3) is 1.00. The zero-order valence-electron chi connectivity index (χ0n) is 11.2. The third-order valence-electron chi connectivity index (χ3n) is 6.94. The van der Waals surface area contributed by atoms with Crippen molar-refractivity contribution in [2.24, 2.45) is 34.0 Å². The Hall–Kier alpha value is -0.0400. The average Bonchev–Trinajstić information content (AvgIpc) is 3.03. The molecule has 0 radical (unpaired) electrons. The van der Waals surface area contributed by atoms with E-state index in [9.17, 15) is 5.11 Å². The molecule has 16 heavy (non-hydrogen) atoms. The first-order chi connectivity index (χ1) is 7.33. The Morgan fingerprint density at radius 1 is 1.06 bits per heavy atom. The van der Waals surface area contributed by atoms with Gasteiger partial charge in [0, 0.05) is 6.61 Å². The Bertz CT molecular complexity index is 321. The summed E-state index contributed by atoms with van der Waals surface area (Å²) in [6.45, 7) is 10.1. The summed E-state index contributed by atoms with van der Waals surface area (Å²) in [7, 11) is 0. The van der Waals surface area contributed by atoms with E-state index in [1.807, 2.05) is 0 Å². The van der Waals surface area contributed by atoms with Crippen molar-refractivity contribution in [2.75, 3.05) is 6.61 Å². The molecule has 3 rings (SSSR count). The van der Waals surface area contributed by atoms with Crippen LogP contribution in [-0.2, 0) is 0 Å². The van der Waals surface area contributed by atoms with Gasteiger partial charge in [-0.15, -0.1) is 0 Å². The minimum absolute atomic E-state index is 0.282. The molecule has 3 saturated carbocycles. The van der Waals surface area contributed by atoms with Crippen LogP contribution in [0.15, 0.2) is 0 Å². The lowest BCUT2D eigenvalue weighted by molar-refractivity contribution is 0.126. The molecular formula is C15H26O. The van der Waals surface area contributed by atoms with Crippen LogP contribution in [0.5, 0.6) is 0 Å². The summed E-state index contributed by atoms with van der Waals surface area (Å²) in [5.74, 6) is 2.74. The number of fused-ring (bicyclic) bond motifs is 1. The molecule has 3 aliphatic carbocycles.